The van der Waals surface area contributed by atoms with E-state index in [0.717, 1.165) is 18.4 Å². The number of rotatable bonds is 2. The summed E-state index contributed by atoms with van der Waals surface area (Å²) in [6, 6.07) is -0.472. The Bertz CT molecular complexity index is 231. The van der Waals surface area contributed by atoms with Gasteiger partial charge in [-0.25, -0.2) is 0 Å². The van der Waals surface area contributed by atoms with Gasteiger partial charge in [-0.15, -0.1) is 0 Å². The lowest BCUT2D eigenvalue weighted by Gasteiger charge is -2.14. The number of amides is 1. The van der Waals surface area contributed by atoms with Gasteiger partial charge in [-0.05, 0) is 18.4 Å². The van der Waals surface area contributed by atoms with Crippen molar-refractivity contribution in [2.24, 2.45) is 5.73 Å². The second kappa shape index (κ2) is 4.07. The molecule has 0 aromatic rings. The van der Waals surface area contributed by atoms with Gasteiger partial charge < -0.3 is 11.1 Å². The van der Waals surface area contributed by atoms with Gasteiger partial charge in [0.2, 0.25) is 5.91 Å². The van der Waals surface area contributed by atoms with E-state index in [9.17, 15) is 4.79 Å². The topological polar surface area (TPSA) is 55.1 Å². The monoisotopic (exact) mass is 166 g/mol. The highest BCUT2D eigenvalue weighted by atomic mass is 16.2. The molecular weight excluding hydrogens is 152 g/mol. The first kappa shape index (κ1) is 9.00. The summed E-state index contributed by atoms with van der Waals surface area (Å²) in [5, 5.41) is 2.53. The van der Waals surface area contributed by atoms with Gasteiger partial charge in [0, 0.05) is 7.05 Å². The average molecular weight is 166 g/mol. The third-order valence-electron chi connectivity index (χ3n) is 1.96. The van der Waals surface area contributed by atoms with Crippen LogP contribution in [0.15, 0.2) is 23.8 Å². The number of likely N-dealkylation sites (N-methyl/N-ethyl adjacent to an activating group) is 1. The van der Waals surface area contributed by atoms with E-state index in [1.54, 1.807) is 7.05 Å². The van der Waals surface area contributed by atoms with Crippen LogP contribution in [-0.4, -0.2) is 19.0 Å². The molecule has 1 atom stereocenters. The fraction of sp³-hybridized carbons (Fsp3) is 0.444. The standard InChI is InChI=1S/C9H14N2O/c1-11-9(12)8(10)7-5-3-2-4-6-7/h2-3,6,8H,4-5,10H2,1H3,(H,11,12). The Morgan fingerprint density at radius 2 is 2.42 bits per heavy atom. The highest BCUT2D eigenvalue weighted by molar-refractivity contribution is 5.84. The number of allylic oxidation sites excluding steroid dienone is 3. The SMILES string of the molecule is CNC(=O)C(N)C1=CCC=CC1. The first-order valence-corrected chi connectivity index (χ1v) is 4.07. The molecule has 1 unspecified atom stereocenters. The third-order valence-corrected chi connectivity index (χ3v) is 1.96. The molecule has 0 saturated carbocycles. The molecule has 0 heterocycles. The molecule has 66 valence electrons. The third kappa shape index (κ3) is 1.95. The molecule has 0 bridgehead atoms. The molecule has 0 radical (unpaired) electrons. The normalized spacial score (nSPS) is 18.3. The van der Waals surface area contributed by atoms with Crippen molar-refractivity contribution < 1.29 is 4.79 Å². The van der Waals surface area contributed by atoms with Crippen LogP contribution in [0.4, 0.5) is 0 Å². The van der Waals surface area contributed by atoms with E-state index in [1.807, 2.05) is 12.2 Å². The van der Waals surface area contributed by atoms with Crippen LogP contribution >= 0.6 is 0 Å². The minimum Gasteiger partial charge on any atom is -0.358 e. The molecule has 0 fully saturated rings. The molecule has 12 heavy (non-hydrogen) atoms. The minimum atomic E-state index is -0.472. The molecule has 1 rings (SSSR count). The lowest BCUT2D eigenvalue weighted by Crippen LogP contribution is -2.40. The maximum absolute atomic E-state index is 11.1. The van der Waals surface area contributed by atoms with E-state index < -0.39 is 6.04 Å². The van der Waals surface area contributed by atoms with Crippen LogP contribution in [0.25, 0.3) is 0 Å². The number of nitrogens with one attached hydrogen (secondary N) is 1. The molecule has 0 aromatic heterocycles. The van der Waals surface area contributed by atoms with Crippen molar-refractivity contribution in [1.29, 1.82) is 0 Å². The molecule has 1 aliphatic carbocycles. The summed E-state index contributed by atoms with van der Waals surface area (Å²) >= 11 is 0. The van der Waals surface area contributed by atoms with Crippen molar-refractivity contribution in [2.75, 3.05) is 7.05 Å². The Kier molecular flexibility index (Phi) is 3.05. The average Bonchev–Trinajstić information content (AvgIpc) is 2.17. The maximum Gasteiger partial charge on any atom is 0.240 e. The molecule has 3 nitrogen and oxygen atoms in total. The molecular formula is C9H14N2O. The minimum absolute atomic E-state index is 0.114. The Morgan fingerprint density at radius 3 is 2.92 bits per heavy atom. The van der Waals surface area contributed by atoms with Crippen molar-refractivity contribution in [1.82, 2.24) is 5.32 Å². The lowest BCUT2D eigenvalue weighted by atomic mass is 9.99. The number of nitrogens with two attached hydrogens (primary N) is 1. The number of carbonyl (C=O) groups excluding carboxylic acids is 1. The second-order valence-electron chi connectivity index (χ2n) is 2.78. The van der Waals surface area contributed by atoms with Crippen LogP contribution < -0.4 is 11.1 Å². The summed E-state index contributed by atoms with van der Waals surface area (Å²) in [6.07, 6.45) is 7.81. The quantitative estimate of drug-likeness (QED) is 0.581. The van der Waals surface area contributed by atoms with Crippen LogP contribution in [0.5, 0.6) is 0 Å². The molecule has 3 heteroatoms. The van der Waals surface area contributed by atoms with E-state index in [4.69, 9.17) is 5.73 Å². The van der Waals surface area contributed by atoms with E-state index in [1.165, 1.54) is 0 Å². The van der Waals surface area contributed by atoms with Gasteiger partial charge >= 0.3 is 0 Å². The first-order chi connectivity index (χ1) is 5.75. The molecule has 3 N–H and O–H groups in total. The van der Waals surface area contributed by atoms with Crippen molar-refractivity contribution >= 4 is 5.91 Å². The number of hydrogen-bond acceptors (Lipinski definition) is 2. The Hall–Kier alpha value is -1.09. The summed E-state index contributed by atoms with van der Waals surface area (Å²) in [7, 11) is 1.60. The van der Waals surface area contributed by atoms with Crippen LogP contribution in [0, 0.1) is 0 Å². The lowest BCUT2D eigenvalue weighted by molar-refractivity contribution is -0.121. The predicted octanol–water partition coefficient (Wildman–Crippen LogP) is 0.336. The van der Waals surface area contributed by atoms with E-state index in [2.05, 4.69) is 11.4 Å². The van der Waals surface area contributed by atoms with Crippen molar-refractivity contribution in [3.8, 4) is 0 Å². The fourth-order valence-electron chi connectivity index (χ4n) is 1.20. The molecule has 0 spiro atoms. The predicted molar refractivity (Wildman–Crippen MR) is 48.5 cm³/mol. The molecule has 0 aliphatic heterocycles. The molecule has 0 aromatic carbocycles. The van der Waals surface area contributed by atoms with Gasteiger partial charge in [-0.2, -0.15) is 0 Å². The summed E-state index contributed by atoms with van der Waals surface area (Å²) in [5.41, 5.74) is 6.70. The highest BCUT2D eigenvalue weighted by Gasteiger charge is 2.16. The highest BCUT2D eigenvalue weighted by Crippen LogP contribution is 2.13. The Morgan fingerprint density at radius 1 is 1.67 bits per heavy atom. The van der Waals surface area contributed by atoms with Gasteiger partial charge in [-0.1, -0.05) is 18.2 Å². The molecule has 1 amide bonds. The zero-order valence-electron chi connectivity index (χ0n) is 7.21. The van der Waals surface area contributed by atoms with Gasteiger partial charge in [0.1, 0.15) is 6.04 Å². The van der Waals surface area contributed by atoms with Crippen LogP contribution in [-0.2, 0) is 4.79 Å². The maximum atomic E-state index is 11.1. The van der Waals surface area contributed by atoms with Crippen LogP contribution in [0.1, 0.15) is 12.8 Å². The Balaban J connectivity index is 2.57. The second-order valence-corrected chi connectivity index (χ2v) is 2.78. The van der Waals surface area contributed by atoms with Gasteiger partial charge in [0.05, 0.1) is 0 Å². The van der Waals surface area contributed by atoms with Gasteiger partial charge in [0.15, 0.2) is 0 Å². The summed E-state index contributed by atoms with van der Waals surface area (Å²) in [4.78, 5) is 11.1. The van der Waals surface area contributed by atoms with Gasteiger partial charge in [-0.3, -0.25) is 4.79 Å². The Labute approximate surface area is 72.3 Å². The fourth-order valence-corrected chi connectivity index (χ4v) is 1.20. The van der Waals surface area contributed by atoms with Crippen LogP contribution in [0.3, 0.4) is 0 Å². The van der Waals surface area contributed by atoms with Crippen molar-refractivity contribution in [3.63, 3.8) is 0 Å². The zero-order valence-corrected chi connectivity index (χ0v) is 7.21. The van der Waals surface area contributed by atoms with Crippen molar-refractivity contribution in [2.45, 2.75) is 18.9 Å². The van der Waals surface area contributed by atoms with E-state index in [0.29, 0.717) is 0 Å². The van der Waals surface area contributed by atoms with E-state index in [-0.39, 0.29) is 5.91 Å². The summed E-state index contributed by atoms with van der Waals surface area (Å²) < 4.78 is 0. The summed E-state index contributed by atoms with van der Waals surface area (Å²) in [6.45, 7) is 0. The van der Waals surface area contributed by atoms with Crippen LogP contribution in [0.2, 0.25) is 0 Å². The molecule has 0 saturated heterocycles. The summed E-state index contributed by atoms with van der Waals surface area (Å²) in [5.74, 6) is -0.114. The number of carbonyl (C=O) groups is 1. The van der Waals surface area contributed by atoms with Gasteiger partial charge in [0.25, 0.3) is 0 Å². The zero-order chi connectivity index (χ0) is 8.97. The largest absolute Gasteiger partial charge is 0.358 e. The molecule has 1 aliphatic rings. The van der Waals surface area contributed by atoms with Crippen molar-refractivity contribution in [3.05, 3.63) is 23.8 Å². The van der Waals surface area contributed by atoms with E-state index >= 15 is 0 Å². The number of hydrogen-bond donors (Lipinski definition) is 2. The first-order valence-electron chi connectivity index (χ1n) is 4.07. The smallest absolute Gasteiger partial charge is 0.240 e.